The van der Waals surface area contributed by atoms with Gasteiger partial charge >= 0.3 is 0 Å². The monoisotopic (exact) mass is 326 g/mol. The third-order valence-corrected chi connectivity index (χ3v) is 3.22. The van der Waals surface area contributed by atoms with Gasteiger partial charge in [0.15, 0.2) is 0 Å². The molecular weight excluding hydrogens is 304 g/mol. The van der Waals surface area contributed by atoms with Gasteiger partial charge in [-0.3, -0.25) is 9.59 Å². The molecule has 0 fully saturated rings. The fourth-order valence-electron chi connectivity index (χ4n) is 2.18. The number of carbonyl (C=O) groups is 2. The smallest absolute Gasteiger partial charge is 0.259 e. The highest BCUT2D eigenvalue weighted by Gasteiger charge is 2.16. The van der Waals surface area contributed by atoms with E-state index >= 15 is 0 Å². The van der Waals surface area contributed by atoms with Crippen molar-refractivity contribution in [3.63, 3.8) is 0 Å². The molecule has 0 saturated heterocycles. The van der Waals surface area contributed by atoms with E-state index in [1.54, 1.807) is 48.5 Å². The van der Waals surface area contributed by atoms with Gasteiger partial charge in [0.1, 0.15) is 5.75 Å². The molecule has 5 nitrogen and oxygen atoms in total. The van der Waals surface area contributed by atoms with E-state index in [4.69, 9.17) is 4.74 Å². The Balaban J connectivity index is 2.17. The fourth-order valence-corrected chi connectivity index (χ4v) is 2.18. The van der Waals surface area contributed by atoms with Gasteiger partial charge in [-0.25, -0.2) is 0 Å². The first-order chi connectivity index (χ1) is 11.3. The summed E-state index contributed by atoms with van der Waals surface area (Å²) in [5.74, 6) is 0.0216. The normalized spacial score (nSPS) is 10.8. The summed E-state index contributed by atoms with van der Waals surface area (Å²) in [6, 6.07) is 13.8. The molecule has 0 aliphatic rings. The number of methoxy groups -OCH3 is 1. The van der Waals surface area contributed by atoms with Gasteiger partial charge in [0.2, 0.25) is 0 Å². The van der Waals surface area contributed by atoms with Crippen molar-refractivity contribution in [3.05, 3.63) is 59.7 Å². The van der Waals surface area contributed by atoms with Crippen LogP contribution in [0.1, 0.15) is 41.5 Å². The predicted molar refractivity (Wildman–Crippen MR) is 94.6 cm³/mol. The van der Waals surface area contributed by atoms with Crippen LogP contribution in [0.15, 0.2) is 48.5 Å². The van der Waals surface area contributed by atoms with Crippen molar-refractivity contribution in [2.24, 2.45) is 0 Å². The second-order valence-corrected chi connectivity index (χ2v) is 6.44. The minimum absolute atomic E-state index is 0.184. The third kappa shape index (κ3) is 4.59. The molecule has 0 aliphatic heterocycles. The van der Waals surface area contributed by atoms with Crippen molar-refractivity contribution < 1.29 is 14.3 Å². The minimum atomic E-state index is -0.326. The van der Waals surface area contributed by atoms with Gasteiger partial charge in [-0.2, -0.15) is 0 Å². The molecule has 0 aliphatic carbocycles. The number of hydrogen-bond donors (Lipinski definition) is 2. The number of benzene rings is 2. The molecule has 0 atom stereocenters. The Labute approximate surface area is 142 Å². The quantitative estimate of drug-likeness (QED) is 0.904. The lowest BCUT2D eigenvalue weighted by Gasteiger charge is -2.20. The van der Waals surface area contributed by atoms with Gasteiger partial charge in [0.05, 0.1) is 12.7 Å². The Morgan fingerprint density at radius 1 is 0.958 bits per heavy atom. The van der Waals surface area contributed by atoms with E-state index < -0.39 is 0 Å². The molecule has 2 aromatic carbocycles. The first-order valence-electron chi connectivity index (χ1n) is 7.67. The van der Waals surface area contributed by atoms with Crippen molar-refractivity contribution in [3.8, 4) is 5.75 Å². The Morgan fingerprint density at radius 3 is 2.33 bits per heavy atom. The lowest BCUT2D eigenvalue weighted by Crippen LogP contribution is -2.40. The van der Waals surface area contributed by atoms with E-state index in [-0.39, 0.29) is 17.4 Å². The first-order valence-corrected chi connectivity index (χ1v) is 7.67. The van der Waals surface area contributed by atoms with Crippen molar-refractivity contribution in [1.82, 2.24) is 5.32 Å². The third-order valence-electron chi connectivity index (χ3n) is 3.22. The maximum atomic E-state index is 12.4. The number of amides is 2. The first kappa shape index (κ1) is 17.5. The molecule has 126 valence electrons. The van der Waals surface area contributed by atoms with Gasteiger partial charge in [-0.15, -0.1) is 0 Å². The molecule has 0 unspecified atom stereocenters. The fraction of sp³-hybridized carbons (Fsp3) is 0.263. The van der Waals surface area contributed by atoms with Gasteiger partial charge in [0.25, 0.3) is 11.8 Å². The van der Waals surface area contributed by atoms with Gasteiger partial charge in [-0.05, 0) is 51.1 Å². The molecule has 0 radical (unpaired) electrons. The van der Waals surface area contributed by atoms with Crippen LogP contribution < -0.4 is 15.4 Å². The van der Waals surface area contributed by atoms with Crippen molar-refractivity contribution >= 4 is 17.5 Å². The van der Waals surface area contributed by atoms with E-state index in [1.165, 1.54) is 7.11 Å². The molecule has 2 rings (SSSR count). The van der Waals surface area contributed by atoms with Crippen LogP contribution >= 0.6 is 0 Å². The van der Waals surface area contributed by atoms with Crippen LogP contribution in [0.4, 0.5) is 5.69 Å². The Hall–Kier alpha value is -2.82. The molecule has 2 aromatic rings. The van der Waals surface area contributed by atoms with Gasteiger partial charge in [-0.1, -0.05) is 18.2 Å². The summed E-state index contributed by atoms with van der Waals surface area (Å²) in [6.07, 6.45) is 0. The van der Waals surface area contributed by atoms with E-state index in [0.29, 0.717) is 22.6 Å². The standard InChI is InChI=1S/C19H22N2O3/c1-19(2,3)21-17(22)13-8-7-9-14(12-13)20-18(23)15-10-5-6-11-16(15)24-4/h5-12H,1-4H3,(H,20,23)(H,21,22). The number of carbonyl (C=O) groups excluding carboxylic acids is 2. The van der Waals surface area contributed by atoms with Crippen molar-refractivity contribution in [2.45, 2.75) is 26.3 Å². The van der Waals surface area contributed by atoms with Crippen LogP contribution in [0.5, 0.6) is 5.75 Å². The maximum Gasteiger partial charge on any atom is 0.259 e. The summed E-state index contributed by atoms with van der Waals surface area (Å²) in [5.41, 5.74) is 1.15. The van der Waals surface area contributed by atoms with Crippen LogP contribution in [-0.4, -0.2) is 24.5 Å². The van der Waals surface area contributed by atoms with E-state index in [9.17, 15) is 9.59 Å². The largest absolute Gasteiger partial charge is 0.496 e. The molecule has 0 bridgehead atoms. The molecule has 5 heteroatoms. The Morgan fingerprint density at radius 2 is 1.67 bits per heavy atom. The topological polar surface area (TPSA) is 67.4 Å². The highest BCUT2D eigenvalue weighted by atomic mass is 16.5. The Bertz CT molecular complexity index is 748. The van der Waals surface area contributed by atoms with Crippen LogP contribution in [0.25, 0.3) is 0 Å². The molecule has 2 N–H and O–H groups in total. The summed E-state index contributed by atoms with van der Waals surface area (Å²) >= 11 is 0. The zero-order valence-electron chi connectivity index (χ0n) is 14.3. The van der Waals surface area contributed by atoms with E-state index in [0.717, 1.165) is 0 Å². The number of hydrogen-bond acceptors (Lipinski definition) is 3. The van der Waals surface area contributed by atoms with Crippen molar-refractivity contribution in [2.75, 3.05) is 12.4 Å². The van der Waals surface area contributed by atoms with Crippen molar-refractivity contribution in [1.29, 1.82) is 0 Å². The molecule has 0 aromatic heterocycles. The van der Waals surface area contributed by atoms with Crippen LogP contribution in [-0.2, 0) is 0 Å². The van der Waals surface area contributed by atoms with Crippen LogP contribution in [0, 0.1) is 0 Å². The molecule has 0 saturated carbocycles. The minimum Gasteiger partial charge on any atom is -0.496 e. The highest BCUT2D eigenvalue weighted by molar-refractivity contribution is 6.06. The maximum absolute atomic E-state index is 12.4. The second-order valence-electron chi connectivity index (χ2n) is 6.44. The number of nitrogens with one attached hydrogen (secondary N) is 2. The summed E-state index contributed by atoms with van der Waals surface area (Å²) in [4.78, 5) is 24.6. The van der Waals surface area contributed by atoms with E-state index in [1.807, 2.05) is 20.8 Å². The van der Waals surface area contributed by atoms with Crippen LogP contribution in [0.3, 0.4) is 0 Å². The number of para-hydroxylation sites is 1. The highest BCUT2D eigenvalue weighted by Crippen LogP contribution is 2.19. The zero-order valence-corrected chi connectivity index (χ0v) is 14.3. The average Bonchev–Trinajstić information content (AvgIpc) is 2.53. The van der Waals surface area contributed by atoms with Gasteiger partial charge < -0.3 is 15.4 Å². The summed E-state index contributed by atoms with van der Waals surface area (Å²) in [5, 5.41) is 5.69. The number of rotatable bonds is 4. The molecular formula is C19H22N2O3. The summed E-state index contributed by atoms with van der Waals surface area (Å²) < 4.78 is 5.20. The second kappa shape index (κ2) is 7.17. The molecule has 0 heterocycles. The van der Waals surface area contributed by atoms with Crippen LogP contribution in [0.2, 0.25) is 0 Å². The van der Waals surface area contributed by atoms with E-state index in [2.05, 4.69) is 10.6 Å². The van der Waals surface area contributed by atoms with Gasteiger partial charge in [0, 0.05) is 16.8 Å². The number of anilines is 1. The molecule has 0 spiro atoms. The number of ether oxygens (including phenoxy) is 1. The zero-order chi connectivity index (χ0) is 17.7. The lowest BCUT2D eigenvalue weighted by atomic mass is 10.1. The predicted octanol–water partition coefficient (Wildman–Crippen LogP) is 3.48. The average molecular weight is 326 g/mol. The lowest BCUT2D eigenvalue weighted by molar-refractivity contribution is 0.0918. The summed E-state index contributed by atoms with van der Waals surface area (Å²) in [7, 11) is 1.52. The molecule has 2 amide bonds. The SMILES string of the molecule is COc1ccccc1C(=O)Nc1cccc(C(=O)NC(C)(C)C)c1. The summed E-state index contributed by atoms with van der Waals surface area (Å²) in [6.45, 7) is 5.74. The molecule has 24 heavy (non-hydrogen) atoms. The Kier molecular flexibility index (Phi) is 5.24.